The molecule has 0 unspecified atom stereocenters. The number of ether oxygens (including phenoxy) is 1. The van der Waals surface area contributed by atoms with Crippen LogP contribution in [-0.4, -0.2) is 42.1 Å². The van der Waals surface area contributed by atoms with Gasteiger partial charge >= 0.3 is 0 Å². The highest BCUT2D eigenvalue weighted by atomic mass is 35.5. The van der Waals surface area contributed by atoms with E-state index in [0.717, 1.165) is 22.0 Å². The number of rotatable bonds is 4. The van der Waals surface area contributed by atoms with Crippen molar-refractivity contribution in [1.29, 1.82) is 0 Å². The lowest BCUT2D eigenvalue weighted by molar-refractivity contribution is -0.135. The molecule has 1 N–H and O–H groups in total. The van der Waals surface area contributed by atoms with Gasteiger partial charge in [-0.2, -0.15) is 0 Å². The molecule has 140 valence electrons. The molecule has 1 atom stereocenters. The van der Waals surface area contributed by atoms with E-state index in [4.69, 9.17) is 27.9 Å². The summed E-state index contributed by atoms with van der Waals surface area (Å²) < 4.78 is 5.37. The Morgan fingerprint density at radius 3 is 2.52 bits per heavy atom. The Bertz CT molecular complexity index is 946. The van der Waals surface area contributed by atoms with Crippen LogP contribution in [0.15, 0.2) is 48.7 Å². The Morgan fingerprint density at radius 2 is 1.78 bits per heavy atom. The number of amides is 1. The first-order valence-corrected chi connectivity index (χ1v) is 9.75. The highest BCUT2D eigenvalue weighted by Crippen LogP contribution is 2.35. The van der Waals surface area contributed by atoms with E-state index in [1.165, 1.54) is 0 Å². The van der Waals surface area contributed by atoms with E-state index in [-0.39, 0.29) is 11.8 Å². The first kappa shape index (κ1) is 18.4. The summed E-state index contributed by atoms with van der Waals surface area (Å²) in [5.41, 5.74) is 3.13. The maximum atomic E-state index is 13.0. The molecule has 0 bridgehead atoms. The molecule has 1 fully saturated rings. The van der Waals surface area contributed by atoms with Crippen molar-refractivity contribution in [1.82, 2.24) is 9.88 Å². The zero-order chi connectivity index (χ0) is 18.8. The summed E-state index contributed by atoms with van der Waals surface area (Å²) in [4.78, 5) is 18.1. The number of benzene rings is 2. The Balaban J connectivity index is 1.72. The molecule has 6 heteroatoms. The van der Waals surface area contributed by atoms with Crippen LogP contribution in [0, 0.1) is 0 Å². The number of carbonyl (C=O) groups excluding carboxylic acids is 1. The first-order valence-electron chi connectivity index (χ1n) is 8.99. The number of nitrogens with zero attached hydrogens (tertiary/aromatic N) is 1. The lowest BCUT2D eigenvalue weighted by atomic mass is 9.87. The summed E-state index contributed by atoms with van der Waals surface area (Å²) in [6, 6.07) is 13.5. The number of fused-ring (bicyclic) bond motifs is 1. The number of nitrogens with one attached hydrogen (secondary N) is 1. The minimum atomic E-state index is -0.0789. The van der Waals surface area contributed by atoms with Crippen molar-refractivity contribution in [2.75, 3.05) is 26.3 Å². The quantitative estimate of drug-likeness (QED) is 0.677. The van der Waals surface area contributed by atoms with E-state index >= 15 is 0 Å². The fraction of sp³-hybridized carbons (Fsp3) is 0.286. The van der Waals surface area contributed by atoms with E-state index < -0.39 is 0 Å². The molecule has 27 heavy (non-hydrogen) atoms. The van der Waals surface area contributed by atoms with Crippen LogP contribution >= 0.6 is 23.2 Å². The van der Waals surface area contributed by atoms with Gasteiger partial charge in [-0.1, -0.05) is 35.3 Å². The van der Waals surface area contributed by atoms with Crippen LogP contribution in [0.4, 0.5) is 0 Å². The Labute approximate surface area is 168 Å². The van der Waals surface area contributed by atoms with Crippen LogP contribution in [0.2, 0.25) is 10.0 Å². The van der Waals surface area contributed by atoms with Gasteiger partial charge in [0.15, 0.2) is 0 Å². The molecule has 3 aromatic rings. The molecule has 2 aromatic carbocycles. The minimum absolute atomic E-state index is 0.0789. The monoisotopic (exact) mass is 402 g/mol. The van der Waals surface area contributed by atoms with Crippen LogP contribution < -0.4 is 0 Å². The number of H-pyrrole nitrogens is 1. The molecule has 0 spiro atoms. The fourth-order valence-corrected chi connectivity index (χ4v) is 3.92. The number of carbonyl (C=O) groups is 1. The van der Waals surface area contributed by atoms with Gasteiger partial charge in [0.25, 0.3) is 0 Å². The van der Waals surface area contributed by atoms with Gasteiger partial charge < -0.3 is 14.6 Å². The van der Waals surface area contributed by atoms with E-state index in [0.29, 0.717) is 42.8 Å². The predicted molar refractivity (Wildman–Crippen MR) is 109 cm³/mol. The van der Waals surface area contributed by atoms with Crippen LogP contribution in [0.25, 0.3) is 10.9 Å². The highest BCUT2D eigenvalue weighted by molar-refractivity contribution is 6.31. The molecule has 1 aliphatic rings. The largest absolute Gasteiger partial charge is 0.378 e. The standard InChI is InChI=1S/C21H20Cl2N2O2/c22-15-3-1-14(2-4-15)17(12-21(26)25-7-9-27-10-8-25)19-13-24-20-6-5-16(23)11-18(19)20/h1-6,11,13,17,24H,7-10,12H2/t17-/m1/s1. The molecule has 4 rings (SSSR count). The average molecular weight is 403 g/mol. The van der Waals surface area contributed by atoms with Crippen molar-refractivity contribution in [2.45, 2.75) is 12.3 Å². The molecular weight excluding hydrogens is 383 g/mol. The Kier molecular flexibility index (Phi) is 5.39. The molecular formula is C21H20Cl2N2O2. The lowest BCUT2D eigenvalue weighted by Crippen LogP contribution is -2.41. The smallest absolute Gasteiger partial charge is 0.223 e. The summed E-state index contributed by atoms with van der Waals surface area (Å²) in [6.07, 6.45) is 2.37. The maximum absolute atomic E-state index is 13.0. The second kappa shape index (κ2) is 7.93. The van der Waals surface area contributed by atoms with Crippen LogP contribution in [0.5, 0.6) is 0 Å². The molecule has 4 nitrogen and oxygen atoms in total. The summed E-state index contributed by atoms with van der Waals surface area (Å²) in [5, 5.41) is 2.40. The van der Waals surface area contributed by atoms with E-state index in [1.807, 2.05) is 53.6 Å². The summed E-state index contributed by atoms with van der Waals surface area (Å²) in [5.74, 6) is 0.0551. The molecule has 1 aliphatic heterocycles. The normalized spacial score (nSPS) is 15.9. The van der Waals surface area contributed by atoms with Gasteiger partial charge in [0.05, 0.1) is 13.2 Å². The van der Waals surface area contributed by atoms with Gasteiger partial charge in [-0.3, -0.25) is 4.79 Å². The number of aromatic nitrogens is 1. The first-order chi connectivity index (χ1) is 13.1. The second-order valence-electron chi connectivity index (χ2n) is 6.74. The third-order valence-corrected chi connectivity index (χ3v) is 5.55. The fourth-order valence-electron chi connectivity index (χ4n) is 3.62. The lowest BCUT2D eigenvalue weighted by Gasteiger charge is -2.28. The average Bonchev–Trinajstić information content (AvgIpc) is 3.10. The van der Waals surface area contributed by atoms with Gasteiger partial charge in [0.2, 0.25) is 5.91 Å². The third kappa shape index (κ3) is 3.98. The van der Waals surface area contributed by atoms with Crippen LogP contribution in [-0.2, 0) is 9.53 Å². The van der Waals surface area contributed by atoms with Crippen molar-refractivity contribution in [3.63, 3.8) is 0 Å². The van der Waals surface area contributed by atoms with Crippen molar-refractivity contribution >= 4 is 40.0 Å². The Morgan fingerprint density at radius 1 is 1.07 bits per heavy atom. The summed E-state index contributed by atoms with van der Waals surface area (Å²) in [6.45, 7) is 2.48. The molecule has 1 amide bonds. The number of hydrogen-bond donors (Lipinski definition) is 1. The van der Waals surface area contributed by atoms with Gasteiger partial charge in [0, 0.05) is 52.6 Å². The minimum Gasteiger partial charge on any atom is -0.378 e. The van der Waals surface area contributed by atoms with E-state index in [1.54, 1.807) is 0 Å². The van der Waals surface area contributed by atoms with Crippen LogP contribution in [0.3, 0.4) is 0 Å². The summed E-state index contributed by atoms with van der Waals surface area (Å²) >= 11 is 12.3. The van der Waals surface area contributed by atoms with Crippen molar-refractivity contribution < 1.29 is 9.53 Å². The van der Waals surface area contributed by atoms with Crippen LogP contribution in [0.1, 0.15) is 23.5 Å². The SMILES string of the molecule is O=C(C[C@H](c1ccc(Cl)cc1)c1c[nH]c2ccc(Cl)cc12)N1CCOCC1. The Hall–Kier alpha value is -2.01. The number of hydrogen-bond acceptors (Lipinski definition) is 2. The molecule has 0 radical (unpaired) electrons. The third-order valence-electron chi connectivity index (χ3n) is 5.07. The topological polar surface area (TPSA) is 45.3 Å². The predicted octanol–water partition coefficient (Wildman–Crippen LogP) is 4.86. The zero-order valence-corrected chi connectivity index (χ0v) is 16.3. The van der Waals surface area contributed by atoms with Gasteiger partial charge in [-0.15, -0.1) is 0 Å². The zero-order valence-electron chi connectivity index (χ0n) is 14.8. The van der Waals surface area contributed by atoms with Crippen molar-refractivity contribution in [2.24, 2.45) is 0 Å². The molecule has 1 aromatic heterocycles. The molecule has 0 saturated carbocycles. The summed E-state index contributed by atoms with van der Waals surface area (Å²) in [7, 11) is 0. The number of halogens is 2. The number of morpholine rings is 1. The van der Waals surface area contributed by atoms with E-state index in [9.17, 15) is 4.79 Å². The van der Waals surface area contributed by atoms with Gasteiger partial charge in [-0.05, 0) is 41.5 Å². The van der Waals surface area contributed by atoms with Crippen molar-refractivity contribution in [3.05, 3.63) is 69.8 Å². The van der Waals surface area contributed by atoms with Gasteiger partial charge in [0.1, 0.15) is 0 Å². The van der Waals surface area contributed by atoms with Crippen molar-refractivity contribution in [3.8, 4) is 0 Å². The molecule has 0 aliphatic carbocycles. The maximum Gasteiger partial charge on any atom is 0.223 e. The van der Waals surface area contributed by atoms with Gasteiger partial charge in [-0.25, -0.2) is 0 Å². The molecule has 2 heterocycles. The highest BCUT2D eigenvalue weighted by Gasteiger charge is 2.25. The molecule has 1 saturated heterocycles. The number of aromatic amines is 1. The van der Waals surface area contributed by atoms with E-state index in [2.05, 4.69) is 4.98 Å². The second-order valence-corrected chi connectivity index (χ2v) is 7.61.